The van der Waals surface area contributed by atoms with Gasteiger partial charge in [0.25, 0.3) is 0 Å². The molecule has 11 heteroatoms. The number of rotatable bonds is 5. The number of nitrogens with zero attached hydrogens (tertiary/aromatic N) is 3. The lowest BCUT2D eigenvalue weighted by atomic mass is 10.2. The Labute approximate surface area is 142 Å². The van der Waals surface area contributed by atoms with Crippen molar-refractivity contribution in [2.24, 2.45) is 5.16 Å². The molecule has 9 nitrogen and oxygen atoms in total. The van der Waals surface area contributed by atoms with Crippen LogP contribution in [0.4, 0.5) is 0 Å². The third kappa shape index (κ3) is 6.59. The quantitative estimate of drug-likeness (QED) is 0.123. The minimum Gasteiger partial charge on any atom is -0.408 e. The van der Waals surface area contributed by atoms with Gasteiger partial charge >= 0.3 is 17.9 Å². The maximum atomic E-state index is 11.5. The highest BCUT2D eigenvalue weighted by atomic mass is 32.1. The van der Waals surface area contributed by atoms with Crippen molar-refractivity contribution in [2.45, 2.75) is 36.2 Å². The highest BCUT2D eigenvalue weighted by molar-refractivity contribution is 7.83. The molecule has 0 saturated carbocycles. The van der Waals surface area contributed by atoms with Crippen LogP contribution in [0.1, 0.15) is 26.7 Å². The van der Waals surface area contributed by atoms with Crippen LogP contribution in [0.25, 0.3) is 0 Å². The van der Waals surface area contributed by atoms with Crippen LogP contribution < -0.4 is 0 Å². The number of carbonyl (C=O) groups is 3. The molecule has 0 rings (SSSR count). The summed E-state index contributed by atoms with van der Waals surface area (Å²) in [6, 6.07) is 3.10. The summed E-state index contributed by atoms with van der Waals surface area (Å²) in [7, 11) is 0. The van der Waals surface area contributed by atoms with Gasteiger partial charge in [-0.1, -0.05) is 5.16 Å². The molecule has 0 aromatic carbocycles. The third-order valence-corrected chi connectivity index (χ3v) is 2.87. The molecule has 0 spiro atoms. The summed E-state index contributed by atoms with van der Waals surface area (Å²) in [5.74, 6) is -3.88. The van der Waals surface area contributed by atoms with Gasteiger partial charge in [-0.2, -0.15) is 10.5 Å². The van der Waals surface area contributed by atoms with E-state index in [0.717, 1.165) is 13.8 Å². The Kier molecular flexibility index (Phi) is 7.59. The van der Waals surface area contributed by atoms with E-state index >= 15 is 0 Å². The summed E-state index contributed by atoms with van der Waals surface area (Å²) in [5.41, 5.74) is 0. The van der Waals surface area contributed by atoms with Gasteiger partial charge < -0.3 is 14.7 Å². The van der Waals surface area contributed by atoms with E-state index in [4.69, 9.17) is 15.7 Å². The molecule has 2 atom stereocenters. The molecule has 2 unspecified atom stereocenters. The Morgan fingerprint density at radius 2 is 1.48 bits per heavy atom. The number of carbonyl (C=O) groups excluding carboxylic acids is 3. The minimum atomic E-state index is -1.79. The van der Waals surface area contributed by atoms with Gasteiger partial charge in [0.15, 0.2) is 9.49 Å². The lowest BCUT2D eigenvalue weighted by Crippen LogP contribution is -2.32. The highest BCUT2D eigenvalue weighted by Crippen LogP contribution is 2.16. The Bertz CT molecular complexity index is 615. The molecule has 0 saturated heterocycles. The number of hydrogen-bond donors (Lipinski definition) is 3. The van der Waals surface area contributed by atoms with E-state index in [1.807, 2.05) is 0 Å². The monoisotopic (exact) mass is 359 g/mol. The summed E-state index contributed by atoms with van der Waals surface area (Å²) in [4.78, 5) is 34.4. The predicted molar refractivity (Wildman–Crippen MR) is 81.7 cm³/mol. The highest BCUT2D eigenvalue weighted by Gasteiger charge is 2.34. The summed E-state index contributed by atoms with van der Waals surface area (Å²) in [5, 5.41) is 28.7. The fourth-order valence-corrected chi connectivity index (χ4v) is 0.973. The molecule has 0 radical (unpaired) electrons. The number of esters is 3. The van der Waals surface area contributed by atoms with Gasteiger partial charge in [-0.05, 0) is 13.8 Å². The third-order valence-electron chi connectivity index (χ3n) is 2.30. The number of oxime groups is 1. The second kappa shape index (κ2) is 8.41. The summed E-state index contributed by atoms with van der Waals surface area (Å²) in [6.45, 7) is 2.30. The second-order valence-corrected chi connectivity index (χ2v) is 6.30. The number of hydrogen-bond acceptors (Lipinski definition) is 11. The van der Waals surface area contributed by atoms with Crippen LogP contribution in [0, 0.1) is 22.7 Å². The fraction of sp³-hybridized carbons (Fsp3) is 0.500. The summed E-state index contributed by atoms with van der Waals surface area (Å²) < 4.78 is 5.41. The maximum absolute atomic E-state index is 11.5. The predicted octanol–water partition coefficient (Wildman–Crippen LogP) is 0.591. The van der Waals surface area contributed by atoms with Crippen LogP contribution >= 0.6 is 25.3 Å². The molecule has 0 aliphatic rings. The Balaban J connectivity index is 4.59. The lowest BCUT2D eigenvalue weighted by Gasteiger charge is -2.14. The van der Waals surface area contributed by atoms with Crippen LogP contribution in [0.15, 0.2) is 5.16 Å². The molecule has 124 valence electrons. The zero-order valence-corrected chi connectivity index (χ0v) is 13.9. The normalized spacial score (nSPS) is 16.0. The molecule has 0 fully saturated rings. The number of thiol groups is 2. The van der Waals surface area contributed by atoms with Gasteiger partial charge in [0.05, 0.1) is 18.6 Å². The Morgan fingerprint density at radius 3 is 1.87 bits per heavy atom. The smallest absolute Gasteiger partial charge is 0.343 e. The first-order valence-corrected chi connectivity index (χ1v) is 6.85. The fourth-order valence-electron chi connectivity index (χ4n) is 0.882. The van der Waals surface area contributed by atoms with Crippen molar-refractivity contribution in [1.82, 2.24) is 0 Å². The van der Waals surface area contributed by atoms with Gasteiger partial charge in [0.2, 0.25) is 5.90 Å². The SMILES string of the molecule is CC(S)(C#N)C(=O)OC(=O)CC/C(=N/O)OC(=O)C(C)(S)C#N. The molecule has 1 N–H and O–H groups in total. The molecule has 0 aromatic rings. The number of ether oxygens (including phenoxy) is 2. The Morgan fingerprint density at radius 1 is 1.04 bits per heavy atom. The topological polar surface area (TPSA) is 150 Å². The second-order valence-electron chi connectivity index (χ2n) is 4.51. The standard InChI is InChI=1S/C12H13N3O6S2/c1-11(22,5-13)9(17)20-7(15-19)3-4-8(16)21-10(18)12(2,23)6-14/h19,22-23H,3-4H2,1-2H3/b15-7-. The van der Waals surface area contributed by atoms with Crippen LogP contribution in [-0.4, -0.2) is 38.5 Å². The van der Waals surface area contributed by atoms with Crippen molar-refractivity contribution in [3.05, 3.63) is 0 Å². The first-order valence-electron chi connectivity index (χ1n) is 5.95. The molecular formula is C12H13N3O6S2. The molecule has 0 amide bonds. The molecule has 23 heavy (non-hydrogen) atoms. The van der Waals surface area contributed by atoms with E-state index in [0.29, 0.717) is 0 Å². The van der Waals surface area contributed by atoms with E-state index in [-0.39, 0.29) is 6.42 Å². The van der Waals surface area contributed by atoms with Crippen molar-refractivity contribution < 1.29 is 29.1 Å². The first kappa shape index (κ1) is 20.8. The first-order chi connectivity index (χ1) is 10.5. The maximum Gasteiger partial charge on any atom is 0.343 e. The minimum absolute atomic E-state index is 0.389. The molecule has 0 heterocycles. The Hall–Kier alpha value is -2.24. The average Bonchev–Trinajstić information content (AvgIpc) is 2.50. The van der Waals surface area contributed by atoms with Crippen molar-refractivity contribution in [1.29, 1.82) is 10.5 Å². The van der Waals surface area contributed by atoms with Crippen molar-refractivity contribution in [2.75, 3.05) is 0 Å². The van der Waals surface area contributed by atoms with E-state index in [9.17, 15) is 14.4 Å². The molecule has 0 bridgehead atoms. The summed E-state index contributed by atoms with van der Waals surface area (Å²) >= 11 is 7.45. The molecule has 0 aliphatic heterocycles. The van der Waals surface area contributed by atoms with Crippen LogP contribution in [0.2, 0.25) is 0 Å². The number of nitriles is 2. The zero-order chi connectivity index (χ0) is 18.3. The zero-order valence-electron chi connectivity index (χ0n) is 12.1. The molecule has 0 aromatic heterocycles. The van der Waals surface area contributed by atoms with Gasteiger partial charge in [0.1, 0.15) is 0 Å². The van der Waals surface area contributed by atoms with Crippen molar-refractivity contribution >= 4 is 49.1 Å². The van der Waals surface area contributed by atoms with Crippen LogP contribution in [-0.2, 0) is 23.9 Å². The van der Waals surface area contributed by atoms with E-state index in [1.54, 1.807) is 6.07 Å². The van der Waals surface area contributed by atoms with Gasteiger partial charge in [0, 0.05) is 6.42 Å². The van der Waals surface area contributed by atoms with Crippen molar-refractivity contribution in [3.63, 3.8) is 0 Å². The summed E-state index contributed by atoms with van der Waals surface area (Å²) in [6.07, 6.45) is -0.872. The lowest BCUT2D eigenvalue weighted by molar-refractivity contribution is -0.160. The van der Waals surface area contributed by atoms with Crippen LogP contribution in [0.3, 0.4) is 0 Å². The van der Waals surface area contributed by atoms with Crippen molar-refractivity contribution in [3.8, 4) is 12.1 Å². The van der Waals surface area contributed by atoms with E-state index in [2.05, 4.69) is 39.9 Å². The molecular weight excluding hydrogens is 346 g/mol. The van der Waals surface area contributed by atoms with E-state index in [1.165, 1.54) is 6.07 Å². The van der Waals surface area contributed by atoms with Crippen LogP contribution in [0.5, 0.6) is 0 Å². The largest absolute Gasteiger partial charge is 0.408 e. The van der Waals surface area contributed by atoms with Gasteiger partial charge in [-0.25, -0.2) is 9.59 Å². The van der Waals surface area contributed by atoms with Gasteiger partial charge in [-0.3, -0.25) is 4.79 Å². The molecule has 0 aliphatic carbocycles. The van der Waals surface area contributed by atoms with E-state index < -0.39 is 39.7 Å². The average molecular weight is 359 g/mol. The van der Waals surface area contributed by atoms with Gasteiger partial charge in [-0.15, -0.1) is 25.3 Å².